The van der Waals surface area contributed by atoms with Gasteiger partial charge in [0.25, 0.3) is 11.8 Å². The number of amides is 3. The first-order valence-corrected chi connectivity index (χ1v) is 11.4. The van der Waals surface area contributed by atoms with Gasteiger partial charge in [0.2, 0.25) is 5.91 Å². The van der Waals surface area contributed by atoms with Crippen LogP contribution in [-0.2, 0) is 4.79 Å². The highest BCUT2D eigenvalue weighted by Gasteiger charge is 2.22. The van der Waals surface area contributed by atoms with E-state index in [0.717, 1.165) is 17.3 Å². The smallest absolute Gasteiger partial charge is 0.253 e. The molecule has 3 rings (SSSR count). The van der Waals surface area contributed by atoms with E-state index in [9.17, 15) is 14.4 Å². The van der Waals surface area contributed by atoms with Crippen molar-refractivity contribution >= 4 is 39.3 Å². The van der Waals surface area contributed by atoms with E-state index in [-0.39, 0.29) is 30.7 Å². The van der Waals surface area contributed by atoms with E-state index in [2.05, 4.69) is 26.6 Å². The number of carbonyl (C=O) groups is 3. The third-order valence-corrected chi connectivity index (χ3v) is 6.13. The zero-order chi connectivity index (χ0) is 22.2. The molecule has 3 amide bonds. The number of anilines is 1. The Morgan fingerprint density at radius 2 is 1.55 bits per heavy atom. The minimum atomic E-state index is -0.217. The summed E-state index contributed by atoms with van der Waals surface area (Å²) in [6, 6.07) is 14.3. The predicted octanol–water partition coefficient (Wildman–Crippen LogP) is 4.61. The fourth-order valence-electron chi connectivity index (χ4n) is 3.75. The first-order valence-electron chi connectivity index (χ1n) is 10.6. The van der Waals surface area contributed by atoms with E-state index in [1.165, 1.54) is 19.3 Å². The van der Waals surface area contributed by atoms with Crippen molar-refractivity contribution in [3.05, 3.63) is 64.1 Å². The second-order valence-electron chi connectivity index (χ2n) is 7.85. The Kier molecular flexibility index (Phi) is 8.23. The lowest BCUT2D eigenvalue weighted by atomic mass is 9.94. The zero-order valence-electron chi connectivity index (χ0n) is 17.7. The molecule has 2 aromatic rings. The molecule has 0 aliphatic heterocycles. The fourth-order valence-corrected chi connectivity index (χ4v) is 4.01. The molecule has 6 nitrogen and oxygen atoms in total. The van der Waals surface area contributed by atoms with Crippen molar-refractivity contribution in [2.24, 2.45) is 0 Å². The SMILES string of the molecule is CN(C(=O)c1ccc(NC(=O)CCNC(=O)c2ccc(Br)cc2)cc1)C1CCCCC1. The molecule has 0 spiro atoms. The van der Waals surface area contributed by atoms with Crippen LogP contribution in [0.4, 0.5) is 5.69 Å². The molecule has 1 saturated carbocycles. The van der Waals surface area contributed by atoms with Crippen LogP contribution in [-0.4, -0.2) is 42.3 Å². The second kappa shape index (κ2) is 11.1. The quantitative estimate of drug-likeness (QED) is 0.600. The van der Waals surface area contributed by atoms with Crippen molar-refractivity contribution in [3.8, 4) is 0 Å². The Morgan fingerprint density at radius 3 is 2.19 bits per heavy atom. The number of hydrogen-bond acceptors (Lipinski definition) is 3. The van der Waals surface area contributed by atoms with Gasteiger partial charge in [0.05, 0.1) is 0 Å². The number of halogens is 1. The van der Waals surface area contributed by atoms with Crippen LogP contribution in [0.15, 0.2) is 53.0 Å². The number of nitrogens with zero attached hydrogens (tertiary/aromatic N) is 1. The van der Waals surface area contributed by atoms with E-state index in [1.807, 2.05) is 11.9 Å². The largest absolute Gasteiger partial charge is 0.352 e. The van der Waals surface area contributed by atoms with E-state index in [0.29, 0.717) is 22.9 Å². The third kappa shape index (κ3) is 6.66. The van der Waals surface area contributed by atoms with E-state index >= 15 is 0 Å². The van der Waals surface area contributed by atoms with E-state index < -0.39 is 0 Å². The van der Waals surface area contributed by atoms with Crippen molar-refractivity contribution in [1.29, 1.82) is 0 Å². The lowest BCUT2D eigenvalue weighted by Crippen LogP contribution is -2.38. The molecular weight excluding hydrogens is 458 g/mol. The molecular formula is C24H28BrN3O3. The molecule has 0 heterocycles. The van der Waals surface area contributed by atoms with Crippen LogP contribution in [0.2, 0.25) is 0 Å². The van der Waals surface area contributed by atoms with Gasteiger partial charge in [-0.1, -0.05) is 35.2 Å². The lowest BCUT2D eigenvalue weighted by molar-refractivity contribution is -0.116. The predicted molar refractivity (Wildman–Crippen MR) is 125 cm³/mol. The van der Waals surface area contributed by atoms with Crippen LogP contribution in [0.5, 0.6) is 0 Å². The molecule has 0 unspecified atom stereocenters. The van der Waals surface area contributed by atoms with Gasteiger partial charge in [-0.15, -0.1) is 0 Å². The summed E-state index contributed by atoms with van der Waals surface area (Å²) in [6.07, 6.45) is 5.89. The summed E-state index contributed by atoms with van der Waals surface area (Å²) in [4.78, 5) is 38.8. The molecule has 0 saturated heterocycles. The molecule has 1 aliphatic carbocycles. The number of benzene rings is 2. The lowest BCUT2D eigenvalue weighted by Gasteiger charge is -2.31. The Morgan fingerprint density at radius 1 is 0.935 bits per heavy atom. The zero-order valence-corrected chi connectivity index (χ0v) is 19.3. The van der Waals surface area contributed by atoms with Crippen LogP contribution < -0.4 is 10.6 Å². The average Bonchev–Trinajstić information content (AvgIpc) is 2.79. The summed E-state index contributed by atoms with van der Waals surface area (Å²) < 4.78 is 0.900. The van der Waals surface area contributed by atoms with Crippen molar-refractivity contribution in [2.45, 2.75) is 44.6 Å². The molecule has 0 aromatic heterocycles. The minimum absolute atomic E-state index is 0.0143. The van der Waals surface area contributed by atoms with Crippen LogP contribution in [0.3, 0.4) is 0 Å². The maximum atomic E-state index is 12.7. The molecule has 31 heavy (non-hydrogen) atoms. The number of nitrogens with one attached hydrogen (secondary N) is 2. The summed E-state index contributed by atoms with van der Waals surface area (Å²) in [5.74, 6) is -0.403. The van der Waals surface area contributed by atoms with Crippen molar-refractivity contribution < 1.29 is 14.4 Å². The maximum Gasteiger partial charge on any atom is 0.253 e. The third-order valence-electron chi connectivity index (χ3n) is 5.60. The second-order valence-corrected chi connectivity index (χ2v) is 8.76. The van der Waals surface area contributed by atoms with Gasteiger partial charge >= 0.3 is 0 Å². The summed E-state index contributed by atoms with van der Waals surface area (Å²) in [5, 5.41) is 5.54. The molecule has 1 aliphatic rings. The highest BCUT2D eigenvalue weighted by molar-refractivity contribution is 9.10. The van der Waals surface area contributed by atoms with Crippen LogP contribution in [0.25, 0.3) is 0 Å². The van der Waals surface area contributed by atoms with Crippen LogP contribution in [0, 0.1) is 0 Å². The van der Waals surface area contributed by atoms with Crippen molar-refractivity contribution in [2.75, 3.05) is 18.9 Å². The molecule has 0 bridgehead atoms. The standard InChI is InChI=1S/C24H28BrN3O3/c1-28(21-5-3-2-4-6-21)24(31)18-9-13-20(14-10-18)27-22(29)15-16-26-23(30)17-7-11-19(25)12-8-17/h7-14,21H,2-6,15-16H2,1H3,(H,26,30)(H,27,29). The van der Waals surface area contributed by atoms with Crippen LogP contribution in [0.1, 0.15) is 59.2 Å². The van der Waals surface area contributed by atoms with Crippen molar-refractivity contribution in [1.82, 2.24) is 10.2 Å². The Bertz CT molecular complexity index is 907. The van der Waals surface area contributed by atoms with Gasteiger partial charge in [-0.25, -0.2) is 0 Å². The summed E-state index contributed by atoms with van der Waals surface area (Å²) >= 11 is 3.33. The molecule has 7 heteroatoms. The molecule has 2 aromatic carbocycles. The van der Waals surface area contributed by atoms with Crippen LogP contribution >= 0.6 is 15.9 Å². The first kappa shape index (κ1) is 23.0. The van der Waals surface area contributed by atoms with Gasteiger partial charge in [0, 0.05) is 47.3 Å². The topological polar surface area (TPSA) is 78.5 Å². The summed E-state index contributed by atoms with van der Waals surface area (Å²) in [6.45, 7) is 0.240. The average molecular weight is 486 g/mol. The summed E-state index contributed by atoms with van der Waals surface area (Å²) in [5.41, 5.74) is 1.79. The molecule has 0 atom stereocenters. The van der Waals surface area contributed by atoms with Gasteiger partial charge in [-0.3, -0.25) is 14.4 Å². The summed E-state index contributed by atoms with van der Waals surface area (Å²) in [7, 11) is 1.87. The molecule has 0 radical (unpaired) electrons. The highest BCUT2D eigenvalue weighted by atomic mass is 79.9. The minimum Gasteiger partial charge on any atom is -0.352 e. The Hall–Kier alpha value is -2.67. The van der Waals surface area contributed by atoms with Gasteiger partial charge in [-0.2, -0.15) is 0 Å². The molecule has 2 N–H and O–H groups in total. The Balaban J connectivity index is 1.44. The Labute approximate surface area is 191 Å². The highest BCUT2D eigenvalue weighted by Crippen LogP contribution is 2.23. The maximum absolute atomic E-state index is 12.7. The number of carbonyl (C=O) groups excluding carboxylic acids is 3. The van der Waals surface area contributed by atoms with Gasteiger partial charge in [-0.05, 0) is 61.4 Å². The monoisotopic (exact) mass is 485 g/mol. The van der Waals surface area contributed by atoms with Gasteiger partial charge < -0.3 is 15.5 Å². The van der Waals surface area contributed by atoms with E-state index in [1.54, 1.807) is 48.5 Å². The van der Waals surface area contributed by atoms with Gasteiger partial charge in [0.15, 0.2) is 0 Å². The first-order chi connectivity index (χ1) is 14.9. The van der Waals surface area contributed by atoms with E-state index in [4.69, 9.17) is 0 Å². The van der Waals surface area contributed by atoms with Gasteiger partial charge in [0.1, 0.15) is 0 Å². The normalized spacial score (nSPS) is 14.0. The molecule has 164 valence electrons. The fraction of sp³-hybridized carbons (Fsp3) is 0.375. The number of hydrogen-bond donors (Lipinski definition) is 2. The van der Waals surface area contributed by atoms with Crippen molar-refractivity contribution in [3.63, 3.8) is 0 Å². The number of rotatable bonds is 7. The molecule has 1 fully saturated rings.